The van der Waals surface area contributed by atoms with E-state index in [1.54, 1.807) is 12.1 Å². The van der Waals surface area contributed by atoms with Crippen LogP contribution in [-0.2, 0) is 0 Å². The summed E-state index contributed by atoms with van der Waals surface area (Å²) in [5.74, 6) is 0.740. The highest BCUT2D eigenvalue weighted by molar-refractivity contribution is 5.58. The van der Waals surface area contributed by atoms with Gasteiger partial charge in [0.15, 0.2) is 0 Å². The lowest BCUT2D eigenvalue weighted by molar-refractivity contribution is -0.385. The zero-order valence-corrected chi connectivity index (χ0v) is 13.2. The van der Waals surface area contributed by atoms with E-state index in [4.69, 9.17) is 4.74 Å². The lowest BCUT2D eigenvalue weighted by Crippen LogP contribution is -2.24. The maximum Gasteiger partial charge on any atom is 0.269 e. The number of likely N-dealkylation sites (N-methyl/N-ethyl adjacent to an activating group) is 1. The number of nitro benzene ring substituents is 1. The predicted octanol–water partition coefficient (Wildman–Crippen LogP) is 3.16. The SMILES string of the molecule is CCOc1ccccc1N(C)CC(O)c1cccc([N+](=O)[O-])c1. The molecule has 0 heterocycles. The first-order chi connectivity index (χ1) is 11.0. The molecule has 0 spiro atoms. The Hall–Kier alpha value is -2.60. The molecule has 0 fully saturated rings. The topological polar surface area (TPSA) is 75.8 Å². The number of anilines is 1. The van der Waals surface area contributed by atoms with Crippen molar-refractivity contribution in [2.75, 3.05) is 25.1 Å². The molecule has 0 saturated carbocycles. The van der Waals surface area contributed by atoms with Crippen molar-refractivity contribution in [3.05, 3.63) is 64.2 Å². The molecule has 1 atom stereocenters. The van der Waals surface area contributed by atoms with Crippen molar-refractivity contribution >= 4 is 11.4 Å². The molecule has 0 aliphatic carbocycles. The number of aliphatic hydroxyl groups excluding tert-OH is 1. The Morgan fingerprint density at radius 3 is 2.70 bits per heavy atom. The van der Waals surface area contributed by atoms with Gasteiger partial charge in [0.25, 0.3) is 5.69 Å². The van der Waals surface area contributed by atoms with Crippen molar-refractivity contribution in [1.82, 2.24) is 0 Å². The molecule has 0 aliphatic heterocycles. The van der Waals surface area contributed by atoms with Gasteiger partial charge in [-0.2, -0.15) is 0 Å². The summed E-state index contributed by atoms with van der Waals surface area (Å²) in [6.45, 7) is 2.76. The van der Waals surface area contributed by atoms with Crippen LogP contribution < -0.4 is 9.64 Å². The van der Waals surface area contributed by atoms with Crippen LogP contribution in [-0.4, -0.2) is 30.2 Å². The Labute approximate surface area is 135 Å². The van der Waals surface area contributed by atoms with Gasteiger partial charge in [-0.1, -0.05) is 24.3 Å². The number of nitrogens with zero attached hydrogens (tertiary/aromatic N) is 2. The summed E-state index contributed by atoms with van der Waals surface area (Å²) in [6.07, 6.45) is -0.838. The lowest BCUT2D eigenvalue weighted by atomic mass is 10.1. The van der Waals surface area contributed by atoms with Crippen molar-refractivity contribution in [3.63, 3.8) is 0 Å². The molecule has 0 bridgehead atoms. The first-order valence-electron chi connectivity index (χ1n) is 7.38. The summed E-state index contributed by atoms with van der Waals surface area (Å²) < 4.78 is 5.58. The molecule has 6 heteroatoms. The summed E-state index contributed by atoms with van der Waals surface area (Å²) in [7, 11) is 1.85. The third-order valence-corrected chi connectivity index (χ3v) is 3.49. The number of hydrogen-bond acceptors (Lipinski definition) is 5. The second kappa shape index (κ2) is 7.60. The number of rotatable bonds is 7. The minimum absolute atomic E-state index is 0.0288. The Morgan fingerprint density at radius 2 is 2.00 bits per heavy atom. The summed E-state index contributed by atoms with van der Waals surface area (Å²) in [5.41, 5.74) is 1.35. The van der Waals surface area contributed by atoms with Crippen molar-refractivity contribution in [2.45, 2.75) is 13.0 Å². The van der Waals surface area contributed by atoms with Crippen LogP contribution in [0.5, 0.6) is 5.75 Å². The summed E-state index contributed by atoms with van der Waals surface area (Å²) >= 11 is 0. The Bertz CT molecular complexity index is 675. The molecule has 2 aromatic rings. The van der Waals surface area contributed by atoms with Gasteiger partial charge in [-0.25, -0.2) is 0 Å². The zero-order chi connectivity index (χ0) is 16.8. The molecule has 6 nitrogen and oxygen atoms in total. The van der Waals surface area contributed by atoms with Crippen molar-refractivity contribution in [3.8, 4) is 5.75 Å². The van der Waals surface area contributed by atoms with E-state index in [1.165, 1.54) is 12.1 Å². The number of benzene rings is 2. The fourth-order valence-corrected chi connectivity index (χ4v) is 2.36. The van der Waals surface area contributed by atoms with Gasteiger partial charge in [-0.3, -0.25) is 10.1 Å². The molecule has 0 aliphatic rings. The van der Waals surface area contributed by atoms with Gasteiger partial charge < -0.3 is 14.7 Å². The van der Waals surface area contributed by atoms with Crippen LogP contribution in [0.25, 0.3) is 0 Å². The molecule has 1 unspecified atom stereocenters. The van der Waals surface area contributed by atoms with E-state index in [0.29, 0.717) is 18.7 Å². The molecule has 23 heavy (non-hydrogen) atoms. The quantitative estimate of drug-likeness (QED) is 0.627. The molecule has 0 radical (unpaired) electrons. The van der Waals surface area contributed by atoms with Crippen LogP contribution in [0.15, 0.2) is 48.5 Å². The van der Waals surface area contributed by atoms with Crippen LogP contribution in [0.4, 0.5) is 11.4 Å². The van der Waals surface area contributed by atoms with Crippen LogP contribution in [0.1, 0.15) is 18.6 Å². The number of aliphatic hydroxyl groups is 1. The molecular weight excluding hydrogens is 296 g/mol. The van der Waals surface area contributed by atoms with Gasteiger partial charge >= 0.3 is 0 Å². The Balaban J connectivity index is 2.15. The molecule has 0 saturated heterocycles. The number of hydrogen-bond donors (Lipinski definition) is 1. The van der Waals surface area contributed by atoms with Crippen LogP contribution in [0.3, 0.4) is 0 Å². The van der Waals surface area contributed by atoms with E-state index in [9.17, 15) is 15.2 Å². The first-order valence-corrected chi connectivity index (χ1v) is 7.38. The summed E-state index contributed by atoms with van der Waals surface area (Å²) in [5, 5.41) is 21.2. The second-order valence-corrected chi connectivity index (χ2v) is 5.15. The molecule has 2 aromatic carbocycles. The summed E-state index contributed by atoms with van der Waals surface area (Å²) in [6, 6.07) is 13.6. The third-order valence-electron chi connectivity index (χ3n) is 3.49. The van der Waals surface area contributed by atoms with Gasteiger partial charge in [-0.05, 0) is 24.6 Å². The van der Waals surface area contributed by atoms with Crippen LogP contribution >= 0.6 is 0 Å². The van der Waals surface area contributed by atoms with Gasteiger partial charge in [0.1, 0.15) is 5.75 Å². The Kier molecular flexibility index (Phi) is 5.54. The van der Waals surface area contributed by atoms with Crippen molar-refractivity contribution < 1.29 is 14.8 Å². The lowest BCUT2D eigenvalue weighted by Gasteiger charge is -2.25. The van der Waals surface area contributed by atoms with Gasteiger partial charge in [0, 0.05) is 25.7 Å². The number of ether oxygens (including phenoxy) is 1. The van der Waals surface area contributed by atoms with E-state index in [2.05, 4.69) is 0 Å². The molecular formula is C17H20N2O4. The van der Waals surface area contributed by atoms with E-state index >= 15 is 0 Å². The molecule has 2 rings (SSSR count). The minimum Gasteiger partial charge on any atom is -0.492 e. The van der Waals surface area contributed by atoms with Crippen LogP contribution in [0, 0.1) is 10.1 Å². The van der Waals surface area contributed by atoms with Gasteiger partial charge in [0.05, 0.1) is 23.3 Å². The number of nitro groups is 1. The average Bonchev–Trinajstić information content (AvgIpc) is 2.55. The molecule has 1 N–H and O–H groups in total. The summed E-state index contributed by atoms with van der Waals surface area (Å²) in [4.78, 5) is 12.2. The average molecular weight is 316 g/mol. The smallest absolute Gasteiger partial charge is 0.269 e. The second-order valence-electron chi connectivity index (χ2n) is 5.15. The first kappa shape index (κ1) is 16.8. The third kappa shape index (κ3) is 4.20. The number of non-ortho nitro benzene ring substituents is 1. The highest BCUT2D eigenvalue weighted by Gasteiger charge is 2.16. The zero-order valence-electron chi connectivity index (χ0n) is 13.2. The number of para-hydroxylation sites is 2. The normalized spacial score (nSPS) is 11.8. The molecule has 0 amide bonds. The van der Waals surface area contributed by atoms with Gasteiger partial charge in [0.2, 0.25) is 0 Å². The van der Waals surface area contributed by atoms with E-state index in [0.717, 1.165) is 11.4 Å². The highest BCUT2D eigenvalue weighted by Crippen LogP contribution is 2.29. The fraction of sp³-hybridized carbons (Fsp3) is 0.294. The standard InChI is InChI=1S/C17H20N2O4/c1-3-23-17-10-5-4-9-15(17)18(2)12-16(20)13-7-6-8-14(11-13)19(21)22/h4-11,16,20H,3,12H2,1-2H3. The predicted molar refractivity (Wildman–Crippen MR) is 88.9 cm³/mol. The van der Waals surface area contributed by atoms with Gasteiger partial charge in [-0.15, -0.1) is 0 Å². The Morgan fingerprint density at radius 1 is 1.26 bits per heavy atom. The molecule has 0 aromatic heterocycles. The monoisotopic (exact) mass is 316 g/mol. The fourth-order valence-electron chi connectivity index (χ4n) is 2.36. The largest absolute Gasteiger partial charge is 0.492 e. The van der Waals surface area contributed by atoms with E-state index in [1.807, 2.05) is 43.1 Å². The van der Waals surface area contributed by atoms with Crippen LogP contribution in [0.2, 0.25) is 0 Å². The van der Waals surface area contributed by atoms with E-state index in [-0.39, 0.29) is 5.69 Å². The maximum absolute atomic E-state index is 10.8. The van der Waals surface area contributed by atoms with E-state index < -0.39 is 11.0 Å². The minimum atomic E-state index is -0.838. The maximum atomic E-state index is 10.8. The van der Waals surface area contributed by atoms with Crippen molar-refractivity contribution in [2.24, 2.45) is 0 Å². The van der Waals surface area contributed by atoms with Crippen molar-refractivity contribution in [1.29, 1.82) is 0 Å². The highest BCUT2D eigenvalue weighted by atomic mass is 16.6. The molecule has 122 valence electrons.